The third-order valence-electron chi connectivity index (χ3n) is 3.65. The standard InChI is InChI=1S/C14H18N4/c1-9-5-6-18-13(7-9)16-14(17-18)11-4-3-10(2)12(15)8-11/h3-4,8-9H,5-7,15H2,1-2H3. The lowest BCUT2D eigenvalue weighted by Gasteiger charge is -2.17. The lowest BCUT2D eigenvalue weighted by atomic mass is 10.0. The van der Waals surface area contributed by atoms with E-state index in [4.69, 9.17) is 5.73 Å². The summed E-state index contributed by atoms with van der Waals surface area (Å²) in [6.07, 6.45) is 2.21. The molecule has 0 fully saturated rings. The number of hydrogen-bond donors (Lipinski definition) is 1. The van der Waals surface area contributed by atoms with Crippen LogP contribution in [0.5, 0.6) is 0 Å². The van der Waals surface area contributed by atoms with Crippen LogP contribution >= 0.6 is 0 Å². The van der Waals surface area contributed by atoms with Crippen molar-refractivity contribution in [1.82, 2.24) is 14.8 Å². The summed E-state index contributed by atoms with van der Waals surface area (Å²) in [5.74, 6) is 2.60. The van der Waals surface area contributed by atoms with Gasteiger partial charge in [0.1, 0.15) is 5.82 Å². The number of aromatic nitrogens is 3. The smallest absolute Gasteiger partial charge is 0.181 e. The summed E-state index contributed by atoms with van der Waals surface area (Å²) < 4.78 is 2.03. The van der Waals surface area contributed by atoms with Gasteiger partial charge >= 0.3 is 0 Å². The fraction of sp³-hybridized carbons (Fsp3) is 0.429. The van der Waals surface area contributed by atoms with Gasteiger partial charge in [0, 0.05) is 24.2 Å². The predicted molar refractivity (Wildman–Crippen MR) is 72.1 cm³/mol. The van der Waals surface area contributed by atoms with Crippen LogP contribution < -0.4 is 5.73 Å². The second kappa shape index (κ2) is 4.12. The second-order valence-electron chi connectivity index (χ2n) is 5.24. The Morgan fingerprint density at radius 1 is 1.39 bits per heavy atom. The molecule has 4 heteroatoms. The van der Waals surface area contributed by atoms with E-state index in [2.05, 4.69) is 17.0 Å². The number of benzene rings is 1. The number of rotatable bonds is 1. The minimum absolute atomic E-state index is 0.706. The van der Waals surface area contributed by atoms with Crippen molar-refractivity contribution in [2.45, 2.75) is 33.2 Å². The molecule has 2 heterocycles. The molecule has 1 aromatic heterocycles. The van der Waals surface area contributed by atoms with Gasteiger partial charge in [-0.3, -0.25) is 0 Å². The van der Waals surface area contributed by atoms with Gasteiger partial charge in [-0.05, 0) is 30.9 Å². The first kappa shape index (κ1) is 11.3. The van der Waals surface area contributed by atoms with E-state index in [1.165, 1.54) is 6.42 Å². The zero-order chi connectivity index (χ0) is 12.7. The van der Waals surface area contributed by atoms with Crippen molar-refractivity contribution < 1.29 is 0 Å². The van der Waals surface area contributed by atoms with Crippen LogP contribution in [0.4, 0.5) is 5.69 Å². The quantitative estimate of drug-likeness (QED) is 0.781. The Morgan fingerprint density at radius 3 is 3.00 bits per heavy atom. The Bertz CT molecular complexity index is 585. The number of nitrogen functional groups attached to an aromatic ring is 1. The van der Waals surface area contributed by atoms with Crippen LogP contribution in [-0.4, -0.2) is 14.8 Å². The minimum atomic E-state index is 0.706. The SMILES string of the molecule is Cc1ccc(-c2nc3n(n2)CCC(C)C3)cc1N. The molecule has 2 N–H and O–H groups in total. The third kappa shape index (κ3) is 1.88. The topological polar surface area (TPSA) is 56.7 Å². The van der Waals surface area contributed by atoms with Crippen LogP contribution in [0.3, 0.4) is 0 Å². The van der Waals surface area contributed by atoms with E-state index < -0.39 is 0 Å². The Kier molecular flexibility index (Phi) is 2.58. The fourth-order valence-corrected chi connectivity index (χ4v) is 2.36. The Morgan fingerprint density at radius 2 is 2.22 bits per heavy atom. The highest BCUT2D eigenvalue weighted by atomic mass is 15.3. The lowest BCUT2D eigenvalue weighted by Crippen LogP contribution is -2.18. The van der Waals surface area contributed by atoms with Crippen LogP contribution in [0.2, 0.25) is 0 Å². The molecule has 18 heavy (non-hydrogen) atoms. The molecule has 0 saturated carbocycles. The highest BCUT2D eigenvalue weighted by molar-refractivity contribution is 5.63. The number of anilines is 1. The Balaban J connectivity index is 2.00. The van der Waals surface area contributed by atoms with Crippen molar-refractivity contribution >= 4 is 5.69 Å². The van der Waals surface area contributed by atoms with Gasteiger partial charge in [0.15, 0.2) is 5.82 Å². The van der Waals surface area contributed by atoms with Crippen molar-refractivity contribution in [3.63, 3.8) is 0 Å². The first-order chi connectivity index (χ1) is 8.63. The summed E-state index contributed by atoms with van der Waals surface area (Å²) in [7, 11) is 0. The molecule has 1 aliphatic rings. The van der Waals surface area contributed by atoms with E-state index in [0.717, 1.165) is 41.4 Å². The average Bonchev–Trinajstić information content (AvgIpc) is 2.75. The number of fused-ring (bicyclic) bond motifs is 1. The van der Waals surface area contributed by atoms with Crippen LogP contribution in [-0.2, 0) is 13.0 Å². The maximum absolute atomic E-state index is 5.94. The summed E-state index contributed by atoms with van der Waals surface area (Å²) in [4.78, 5) is 4.64. The van der Waals surface area contributed by atoms with Gasteiger partial charge in [0.05, 0.1) is 0 Å². The average molecular weight is 242 g/mol. The number of hydrogen-bond acceptors (Lipinski definition) is 3. The lowest BCUT2D eigenvalue weighted by molar-refractivity contribution is 0.386. The van der Waals surface area contributed by atoms with Crippen molar-refractivity contribution in [1.29, 1.82) is 0 Å². The molecule has 0 saturated heterocycles. The summed E-state index contributed by atoms with van der Waals surface area (Å²) in [6.45, 7) is 5.25. The van der Waals surface area contributed by atoms with E-state index in [1.807, 2.05) is 29.8 Å². The van der Waals surface area contributed by atoms with Crippen LogP contribution in [0.1, 0.15) is 24.7 Å². The van der Waals surface area contributed by atoms with Gasteiger partial charge in [-0.15, -0.1) is 0 Å². The molecule has 2 aromatic rings. The van der Waals surface area contributed by atoms with Gasteiger partial charge in [0.2, 0.25) is 0 Å². The zero-order valence-electron chi connectivity index (χ0n) is 10.8. The predicted octanol–water partition coefficient (Wildman–Crippen LogP) is 2.42. The van der Waals surface area contributed by atoms with Gasteiger partial charge < -0.3 is 5.73 Å². The first-order valence-electron chi connectivity index (χ1n) is 6.43. The minimum Gasteiger partial charge on any atom is -0.398 e. The molecular formula is C14H18N4. The van der Waals surface area contributed by atoms with Gasteiger partial charge in [-0.2, -0.15) is 5.10 Å². The van der Waals surface area contributed by atoms with Gasteiger partial charge in [0.25, 0.3) is 0 Å². The maximum atomic E-state index is 5.94. The molecule has 1 unspecified atom stereocenters. The van der Waals surface area contributed by atoms with E-state index in [-0.39, 0.29) is 0 Å². The first-order valence-corrected chi connectivity index (χ1v) is 6.43. The number of nitrogens with two attached hydrogens (primary N) is 1. The van der Waals surface area contributed by atoms with Crippen LogP contribution in [0.25, 0.3) is 11.4 Å². The monoisotopic (exact) mass is 242 g/mol. The molecule has 1 aromatic carbocycles. The van der Waals surface area contributed by atoms with Gasteiger partial charge in [-0.25, -0.2) is 9.67 Å². The van der Waals surface area contributed by atoms with Crippen molar-refractivity contribution in [3.05, 3.63) is 29.6 Å². The van der Waals surface area contributed by atoms with Crippen LogP contribution in [0.15, 0.2) is 18.2 Å². The number of nitrogens with zero attached hydrogens (tertiary/aromatic N) is 3. The Hall–Kier alpha value is -1.84. The molecule has 0 bridgehead atoms. The zero-order valence-corrected chi connectivity index (χ0v) is 10.8. The molecule has 0 amide bonds. The highest BCUT2D eigenvalue weighted by Crippen LogP contribution is 2.24. The van der Waals surface area contributed by atoms with E-state index in [0.29, 0.717) is 5.92 Å². The molecule has 0 spiro atoms. The van der Waals surface area contributed by atoms with Crippen molar-refractivity contribution in [2.24, 2.45) is 5.92 Å². The summed E-state index contributed by atoms with van der Waals surface area (Å²) in [5.41, 5.74) is 8.84. The summed E-state index contributed by atoms with van der Waals surface area (Å²) in [6, 6.07) is 6.02. The molecular weight excluding hydrogens is 224 g/mol. The normalized spacial score (nSPS) is 18.7. The number of aryl methyl sites for hydroxylation is 2. The van der Waals surface area contributed by atoms with E-state index in [9.17, 15) is 0 Å². The van der Waals surface area contributed by atoms with Crippen molar-refractivity contribution in [2.75, 3.05) is 5.73 Å². The molecule has 1 atom stereocenters. The van der Waals surface area contributed by atoms with E-state index in [1.54, 1.807) is 0 Å². The Labute approximate surface area is 107 Å². The van der Waals surface area contributed by atoms with Crippen LogP contribution in [0, 0.1) is 12.8 Å². The molecule has 0 radical (unpaired) electrons. The van der Waals surface area contributed by atoms with Crippen molar-refractivity contribution in [3.8, 4) is 11.4 Å². The van der Waals surface area contributed by atoms with E-state index >= 15 is 0 Å². The third-order valence-corrected chi connectivity index (χ3v) is 3.65. The molecule has 94 valence electrons. The molecule has 3 rings (SSSR count). The summed E-state index contributed by atoms with van der Waals surface area (Å²) >= 11 is 0. The highest BCUT2D eigenvalue weighted by Gasteiger charge is 2.19. The summed E-state index contributed by atoms with van der Waals surface area (Å²) in [5, 5.41) is 4.58. The van der Waals surface area contributed by atoms with Gasteiger partial charge in [-0.1, -0.05) is 19.1 Å². The molecule has 0 aliphatic carbocycles. The fourth-order valence-electron chi connectivity index (χ4n) is 2.36. The second-order valence-corrected chi connectivity index (χ2v) is 5.24. The maximum Gasteiger partial charge on any atom is 0.181 e. The molecule has 1 aliphatic heterocycles. The largest absolute Gasteiger partial charge is 0.398 e. The molecule has 4 nitrogen and oxygen atoms in total.